The van der Waals surface area contributed by atoms with Gasteiger partial charge in [-0.15, -0.1) is 0 Å². The third kappa shape index (κ3) is 4.04. The van der Waals surface area contributed by atoms with Gasteiger partial charge in [0, 0.05) is 54.0 Å². The Hall–Kier alpha value is -4.43. The first kappa shape index (κ1) is 21.1. The molecule has 0 spiro atoms. The highest BCUT2D eigenvalue weighted by Crippen LogP contribution is 2.32. The zero-order valence-electron chi connectivity index (χ0n) is 19.3. The predicted molar refractivity (Wildman–Crippen MR) is 137 cm³/mol. The molecule has 6 aromatic rings. The van der Waals surface area contributed by atoms with E-state index in [1.54, 1.807) is 18.6 Å². The highest BCUT2D eigenvalue weighted by atomic mass is 15.1. The van der Waals surface area contributed by atoms with E-state index in [0.29, 0.717) is 5.82 Å². The van der Waals surface area contributed by atoms with Crippen molar-refractivity contribution in [3.8, 4) is 33.8 Å². The van der Waals surface area contributed by atoms with Crippen molar-refractivity contribution in [2.24, 2.45) is 0 Å². The average Bonchev–Trinajstić information content (AvgIpc) is 3.53. The standard InChI is InChI=1S/C27H24N8/c1-2-7-29-12-17-10-20(14-30-13-17)19-3-4-23-21(11-19)26(35-34-23)27-32-24-16-31-15-22(25(24)33-27)18-5-8-28-9-6-18/h3-6,8-11,13-16,29H,2,7,12H2,1H3,(H,32,33)(H,34,35). The van der Waals surface area contributed by atoms with E-state index in [-0.39, 0.29) is 0 Å². The largest absolute Gasteiger partial charge is 0.335 e. The van der Waals surface area contributed by atoms with Gasteiger partial charge in [0.25, 0.3) is 0 Å². The van der Waals surface area contributed by atoms with Crippen molar-refractivity contribution in [1.82, 2.24) is 40.4 Å². The Morgan fingerprint density at radius 1 is 0.829 bits per heavy atom. The number of rotatable bonds is 7. The van der Waals surface area contributed by atoms with Gasteiger partial charge in [0.1, 0.15) is 5.69 Å². The van der Waals surface area contributed by atoms with Crippen molar-refractivity contribution < 1.29 is 0 Å². The van der Waals surface area contributed by atoms with Crippen molar-refractivity contribution >= 4 is 21.9 Å². The number of hydrogen-bond acceptors (Lipinski definition) is 6. The number of fused-ring (bicyclic) bond motifs is 2. The van der Waals surface area contributed by atoms with Crippen LogP contribution in [0, 0.1) is 0 Å². The second kappa shape index (κ2) is 9.08. The summed E-state index contributed by atoms with van der Waals surface area (Å²) in [5.41, 5.74) is 8.72. The van der Waals surface area contributed by atoms with Crippen molar-refractivity contribution in [1.29, 1.82) is 0 Å². The Kier molecular flexibility index (Phi) is 5.48. The topological polar surface area (TPSA) is 108 Å². The number of benzene rings is 1. The molecule has 0 radical (unpaired) electrons. The summed E-state index contributed by atoms with van der Waals surface area (Å²) >= 11 is 0. The molecule has 0 atom stereocenters. The van der Waals surface area contributed by atoms with E-state index in [2.05, 4.69) is 66.6 Å². The van der Waals surface area contributed by atoms with E-state index < -0.39 is 0 Å². The molecule has 8 nitrogen and oxygen atoms in total. The molecular formula is C27H24N8. The van der Waals surface area contributed by atoms with E-state index in [0.717, 1.165) is 75.0 Å². The number of imidazole rings is 1. The molecule has 5 heterocycles. The molecule has 0 fully saturated rings. The maximum absolute atomic E-state index is 4.92. The van der Waals surface area contributed by atoms with Crippen LogP contribution >= 0.6 is 0 Å². The highest BCUT2D eigenvalue weighted by Gasteiger charge is 2.16. The number of hydrogen-bond donors (Lipinski definition) is 3. The van der Waals surface area contributed by atoms with Crippen molar-refractivity contribution in [3.05, 3.63) is 79.1 Å². The number of aromatic nitrogens is 7. The fourth-order valence-corrected chi connectivity index (χ4v) is 4.31. The van der Waals surface area contributed by atoms with Crippen LogP contribution in [0.4, 0.5) is 0 Å². The van der Waals surface area contributed by atoms with Gasteiger partial charge in [0.2, 0.25) is 0 Å². The molecule has 0 aliphatic heterocycles. The quantitative estimate of drug-likeness (QED) is 0.285. The van der Waals surface area contributed by atoms with E-state index in [4.69, 9.17) is 4.98 Å². The van der Waals surface area contributed by atoms with Gasteiger partial charge in [0.15, 0.2) is 5.82 Å². The maximum Gasteiger partial charge on any atom is 0.159 e. The van der Waals surface area contributed by atoms with Gasteiger partial charge >= 0.3 is 0 Å². The summed E-state index contributed by atoms with van der Waals surface area (Å²) in [4.78, 5) is 21.3. The molecule has 6 rings (SSSR count). The van der Waals surface area contributed by atoms with Gasteiger partial charge in [-0.1, -0.05) is 13.0 Å². The van der Waals surface area contributed by atoms with Gasteiger partial charge < -0.3 is 10.3 Å². The van der Waals surface area contributed by atoms with Crippen LogP contribution < -0.4 is 5.32 Å². The molecule has 0 saturated heterocycles. The van der Waals surface area contributed by atoms with Crippen LogP contribution in [0.2, 0.25) is 0 Å². The number of pyridine rings is 3. The van der Waals surface area contributed by atoms with E-state index in [9.17, 15) is 0 Å². The van der Waals surface area contributed by atoms with Crippen LogP contribution in [0.25, 0.3) is 55.7 Å². The smallest absolute Gasteiger partial charge is 0.159 e. The number of nitrogens with one attached hydrogen (secondary N) is 3. The molecule has 5 aromatic heterocycles. The second-order valence-corrected chi connectivity index (χ2v) is 8.50. The summed E-state index contributed by atoms with van der Waals surface area (Å²) in [6.45, 7) is 3.96. The van der Waals surface area contributed by atoms with Gasteiger partial charge in [0.05, 0.1) is 22.7 Å². The Balaban J connectivity index is 1.40. The lowest BCUT2D eigenvalue weighted by Gasteiger charge is -2.06. The van der Waals surface area contributed by atoms with Crippen LogP contribution in [-0.4, -0.2) is 41.7 Å². The molecule has 0 unspecified atom stereocenters. The van der Waals surface area contributed by atoms with E-state index in [1.807, 2.05) is 30.7 Å². The number of nitrogens with zero attached hydrogens (tertiary/aromatic N) is 5. The summed E-state index contributed by atoms with van der Waals surface area (Å²) in [7, 11) is 0. The minimum absolute atomic E-state index is 0.697. The molecule has 172 valence electrons. The lowest BCUT2D eigenvalue weighted by atomic mass is 10.0. The van der Waals surface area contributed by atoms with Crippen LogP contribution in [0.15, 0.2) is 73.6 Å². The van der Waals surface area contributed by atoms with Crippen LogP contribution in [-0.2, 0) is 6.54 Å². The summed E-state index contributed by atoms with van der Waals surface area (Å²) < 4.78 is 0. The third-order valence-corrected chi connectivity index (χ3v) is 6.06. The monoisotopic (exact) mass is 460 g/mol. The number of aromatic amines is 2. The molecule has 1 aromatic carbocycles. The molecule has 0 bridgehead atoms. The normalized spacial score (nSPS) is 11.5. The molecule has 35 heavy (non-hydrogen) atoms. The van der Waals surface area contributed by atoms with Gasteiger partial charge in [-0.25, -0.2) is 4.98 Å². The van der Waals surface area contributed by atoms with Gasteiger partial charge in [-0.2, -0.15) is 5.10 Å². The first-order valence-electron chi connectivity index (χ1n) is 11.7. The lowest BCUT2D eigenvalue weighted by Crippen LogP contribution is -2.13. The second-order valence-electron chi connectivity index (χ2n) is 8.50. The SMILES string of the molecule is CCCNCc1cncc(-c2ccc3[nH]nc(-c4nc5c(-c6ccncc6)cncc5[nH]4)c3c2)c1. The molecule has 3 N–H and O–H groups in total. The zero-order chi connectivity index (χ0) is 23.6. The van der Waals surface area contributed by atoms with E-state index in [1.165, 1.54) is 0 Å². The summed E-state index contributed by atoms with van der Waals surface area (Å²) in [6.07, 6.45) is 12.1. The van der Waals surface area contributed by atoms with Crippen LogP contribution in [0.3, 0.4) is 0 Å². The Morgan fingerprint density at radius 3 is 2.60 bits per heavy atom. The molecule has 0 aliphatic rings. The average molecular weight is 461 g/mol. The fraction of sp³-hybridized carbons (Fsp3) is 0.148. The van der Waals surface area contributed by atoms with Crippen molar-refractivity contribution in [3.63, 3.8) is 0 Å². The maximum atomic E-state index is 4.92. The Labute approximate surface area is 201 Å². The van der Waals surface area contributed by atoms with E-state index >= 15 is 0 Å². The predicted octanol–water partition coefficient (Wildman–Crippen LogP) is 5.12. The highest BCUT2D eigenvalue weighted by molar-refractivity contribution is 5.98. The van der Waals surface area contributed by atoms with Crippen molar-refractivity contribution in [2.45, 2.75) is 19.9 Å². The molecule has 0 amide bonds. The summed E-state index contributed by atoms with van der Waals surface area (Å²) in [6, 6.07) is 12.4. The van der Waals surface area contributed by atoms with Crippen LogP contribution in [0.5, 0.6) is 0 Å². The zero-order valence-corrected chi connectivity index (χ0v) is 19.3. The summed E-state index contributed by atoms with van der Waals surface area (Å²) in [5.74, 6) is 0.697. The first-order valence-corrected chi connectivity index (χ1v) is 11.7. The minimum Gasteiger partial charge on any atom is -0.335 e. The van der Waals surface area contributed by atoms with Gasteiger partial charge in [-0.3, -0.25) is 20.1 Å². The van der Waals surface area contributed by atoms with Crippen LogP contribution in [0.1, 0.15) is 18.9 Å². The molecule has 8 heteroatoms. The number of H-pyrrole nitrogens is 2. The molecule has 0 saturated carbocycles. The lowest BCUT2D eigenvalue weighted by molar-refractivity contribution is 0.674. The Bertz CT molecular complexity index is 1620. The minimum atomic E-state index is 0.697. The van der Waals surface area contributed by atoms with Crippen molar-refractivity contribution in [2.75, 3.05) is 6.54 Å². The third-order valence-electron chi connectivity index (χ3n) is 6.06. The molecular weight excluding hydrogens is 436 g/mol. The molecule has 0 aliphatic carbocycles. The first-order chi connectivity index (χ1) is 17.3. The van der Waals surface area contributed by atoms with Gasteiger partial charge in [-0.05, 0) is 60.0 Å². The fourth-order valence-electron chi connectivity index (χ4n) is 4.31. The Morgan fingerprint density at radius 2 is 1.71 bits per heavy atom. The summed E-state index contributed by atoms with van der Waals surface area (Å²) in [5, 5.41) is 12.2.